The van der Waals surface area contributed by atoms with Gasteiger partial charge in [0.15, 0.2) is 0 Å². The van der Waals surface area contributed by atoms with Crippen molar-refractivity contribution in [3.8, 4) is 0 Å². The largest absolute Gasteiger partial charge is 2.00 e. The first kappa shape index (κ1) is 30.0. The van der Waals surface area contributed by atoms with Gasteiger partial charge in [0.1, 0.15) is 0 Å². The van der Waals surface area contributed by atoms with Gasteiger partial charge in [0.25, 0.3) is 0 Å². The fourth-order valence-electron chi connectivity index (χ4n) is 0. The van der Waals surface area contributed by atoms with E-state index in [0.29, 0.717) is 0 Å². The van der Waals surface area contributed by atoms with Crippen LogP contribution in [0.2, 0.25) is 0 Å². The summed E-state index contributed by atoms with van der Waals surface area (Å²) in [5.41, 5.74) is 0. The van der Waals surface area contributed by atoms with Gasteiger partial charge in [0.05, 0.1) is 15.6 Å². The molecule has 0 bridgehead atoms. The summed E-state index contributed by atoms with van der Waals surface area (Å²) in [5, 5.41) is 0. The predicted molar refractivity (Wildman–Crippen MR) is 25.4 cm³/mol. The van der Waals surface area contributed by atoms with E-state index >= 15 is 0 Å². The molecule has 0 aromatic carbocycles. The predicted octanol–water partition coefficient (Wildman–Crippen LogP) is -10.8. The maximum Gasteiger partial charge on any atom is 2.00 e. The third-order valence-corrected chi connectivity index (χ3v) is 0. The summed E-state index contributed by atoms with van der Waals surface area (Å²) in [4.78, 5) is 48.6. The van der Waals surface area contributed by atoms with Crippen molar-refractivity contribution in [2.45, 2.75) is 0 Å². The zero-order valence-corrected chi connectivity index (χ0v) is 14.9. The molecule has 0 heterocycles. The molecule has 13 heteroatoms. The van der Waals surface area contributed by atoms with Crippen LogP contribution in [-0.2, 0) is 9.13 Å². The van der Waals surface area contributed by atoms with E-state index in [1.54, 1.807) is 0 Å². The van der Waals surface area contributed by atoms with Crippen LogP contribution in [0.5, 0.6) is 0 Å². The average molecular weight is 278 g/mol. The first-order valence-electron chi connectivity index (χ1n) is 1.50. The first-order valence-corrected chi connectivity index (χ1v) is 4.49. The Balaban J connectivity index is -0.0000000267. The van der Waals surface area contributed by atoms with Crippen LogP contribution in [0.15, 0.2) is 0 Å². The Bertz CT molecular complexity index is 132. The monoisotopic (exact) mass is 278 g/mol. The molecule has 0 aromatic rings. The second-order valence-corrected chi connectivity index (χ2v) is 2.81. The van der Waals surface area contributed by atoms with E-state index in [1.165, 1.54) is 0 Å². The number of hydrogen-bond acceptors (Lipinski definition) is 6. The van der Waals surface area contributed by atoms with Crippen LogP contribution in [0.3, 0.4) is 0 Å². The summed E-state index contributed by atoms with van der Waals surface area (Å²) in [7, 11) is -10.3. The summed E-state index contributed by atoms with van der Waals surface area (Å²) < 4.78 is 17.3. The third kappa shape index (κ3) is 232. The fraction of sp³-hybridized carbons (Fsp3) is 0. The molecular formula is H2CaNa2O8P2. The molecule has 0 aromatic heterocycles. The molecule has 0 saturated carbocycles. The maximum atomic E-state index is 8.66. The summed E-state index contributed by atoms with van der Waals surface area (Å²) in [5.74, 6) is 0. The van der Waals surface area contributed by atoms with Gasteiger partial charge in [0.2, 0.25) is 0 Å². The van der Waals surface area contributed by atoms with Crippen LogP contribution < -0.4 is 78.7 Å². The van der Waals surface area contributed by atoms with E-state index in [1.807, 2.05) is 0 Å². The van der Waals surface area contributed by atoms with Gasteiger partial charge >= 0.3 is 96.9 Å². The summed E-state index contributed by atoms with van der Waals surface area (Å²) in [6.45, 7) is 0. The van der Waals surface area contributed by atoms with E-state index in [0.717, 1.165) is 0 Å². The van der Waals surface area contributed by atoms with Crippen molar-refractivity contribution in [2.24, 2.45) is 0 Å². The Kier molecular flexibility index (Phi) is 31.2. The SMILES string of the molecule is O=P([O-])([O-])O.O=P([O-])([O-])O.[Ca+2].[Na+].[Na+]. The minimum atomic E-state index is -5.14. The normalized spacial score (nSPS) is 9.08. The molecule has 0 aliphatic rings. The van der Waals surface area contributed by atoms with E-state index in [4.69, 9.17) is 38.5 Å². The topological polar surface area (TPSA) is 167 Å². The standard InChI is InChI=1S/Ca.2Na.2H3O4P/c;;;2*1-5(2,3)4/h;;;2*(H3,1,2,3,4)/q+2;2*+1;;/p-4. The second kappa shape index (κ2) is 13.5. The van der Waals surface area contributed by atoms with Gasteiger partial charge in [-0.2, -0.15) is 0 Å². The minimum Gasteiger partial charge on any atom is -0.790 e. The van der Waals surface area contributed by atoms with Crippen LogP contribution in [0.1, 0.15) is 0 Å². The number of rotatable bonds is 0. The van der Waals surface area contributed by atoms with E-state index < -0.39 is 15.6 Å². The van der Waals surface area contributed by atoms with Crippen LogP contribution in [0.25, 0.3) is 0 Å². The van der Waals surface area contributed by atoms with Gasteiger partial charge in [-0.05, 0) is 0 Å². The zero-order valence-electron chi connectivity index (χ0n) is 6.95. The second-order valence-electron chi connectivity index (χ2n) is 0.937. The van der Waals surface area contributed by atoms with Gasteiger partial charge in [-0.25, -0.2) is 0 Å². The molecular weight excluding hydrogens is 276 g/mol. The smallest absolute Gasteiger partial charge is 0.790 e. The molecule has 0 aliphatic heterocycles. The fourth-order valence-corrected chi connectivity index (χ4v) is 0. The molecule has 0 saturated heterocycles. The summed E-state index contributed by atoms with van der Waals surface area (Å²) >= 11 is 0. The quantitative estimate of drug-likeness (QED) is 0.325. The Labute approximate surface area is 148 Å². The Morgan fingerprint density at radius 1 is 0.769 bits per heavy atom. The average Bonchev–Trinajstić information content (AvgIpc) is 1.12. The maximum absolute atomic E-state index is 8.66. The van der Waals surface area contributed by atoms with E-state index in [2.05, 4.69) is 0 Å². The van der Waals surface area contributed by atoms with Crippen LogP contribution in [0.4, 0.5) is 0 Å². The van der Waals surface area contributed by atoms with Gasteiger partial charge in [-0.3, -0.25) is 0 Å². The van der Waals surface area contributed by atoms with E-state index in [-0.39, 0.29) is 96.9 Å². The van der Waals surface area contributed by atoms with Crippen molar-refractivity contribution in [2.75, 3.05) is 0 Å². The van der Waals surface area contributed by atoms with Crippen molar-refractivity contribution in [3.63, 3.8) is 0 Å². The Hall–Kier alpha value is 3.48. The molecule has 0 spiro atoms. The molecule has 0 aliphatic carbocycles. The molecule has 0 amide bonds. The number of phosphoric acid groups is 2. The number of hydrogen-bond donors (Lipinski definition) is 2. The van der Waals surface area contributed by atoms with Crippen LogP contribution >= 0.6 is 15.6 Å². The molecule has 8 nitrogen and oxygen atoms in total. The van der Waals surface area contributed by atoms with Crippen LogP contribution in [-0.4, -0.2) is 47.5 Å². The van der Waals surface area contributed by atoms with Crippen LogP contribution in [0, 0.1) is 0 Å². The van der Waals surface area contributed by atoms with Crippen molar-refractivity contribution in [1.29, 1.82) is 0 Å². The molecule has 0 unspecified atom stereocenters. The molecule has 13 heavy (non-hydrogen) atoms. The van der Waals surface area contributed by atoms with Gasteiger partial charge in [0, 0.05) is 0 Å². The van der Waals surface area contributed by atoms with Crippen molar-refractivity contribution in [3.05, 3.63) is 0 Å². The molecule has 0 fully saturated rings. The molecule has 0 atom stereocenters. The summed E-state index contributed by atoms with van der Waals surface area (Å²) in [6.07, 6.45) is 0. The Morgan fingerprint density at radius 3 is 0.769 bits per heavy atom. The minimum absolute atomic E-state index is 0. The Morgan fingerprint density at radius 2 is 0.769 bits per heavy atom. The van der Waals surface area contributed by atoms with Gasteiger partial charge in [-0.1, -0.05) is 0 Å². The first-order chi connectivity index (χ1) is 4.00. The molecule has 0 rings (SSSR count). The molecule has 2 N–H and O–H groups in total. The van der Waals surface area contributed by atoms with Gasteiger partial charge < -0.3 is 38.5 Å². The zero-order chi connectivity index (χ0) is 9.00. The third-order valence-electron chi connectivity index (χ3n) is 0. The van der Waals surface area contributed by atoms with Crippen molar-refractivity contribution >= 4 is 53.4 Å². The molecule has 64 valence electrons. The summed E-state index contributed by atoms with van der Waals surface area (Å²) in [6, 6.07) is 0. The van der Waals surface area contributed by atoms with E-state index in [9.17, 15) is 0 Å². The van der Waals surface area contributed by atoms with Crippen molar-refractivity contribution < 1.29 is 97.6 Å². The van der Waals surface area contributed by atoms with Crippen molar-refractivity contribution in [1.82, 2.24) is 0 Å². The molecule has 0 radical (unpaired) electrons. The van der Waals surface area contributed by atoms with Gasteiger partial charge in [-0.15, -0.1) is 0 Å².